The van der Waals surface area contributed by atoms with Crippen molar-refractivity contribution in [2.45, 2.75) is 0 Å². The second-order valence-electron chi connectivity index (χ2n) is 0. The molecule has 0 rings (SSSR count). The van der Waals surface area contributed by atoms with Gasteiger partial charge in [0.2, 0.25) is 0 Å². The Morgan fingerprint density at radius 1 is 0.750 bits per heavy atom. The third-order valence-electron chi connectivity index (χ3n) is 0. The predicted molar refractivity (Wildman–Crippen MR) is 30.0 cm³/mol. The summed E-state index contributed by atoms with van der Waals surface area (Å²) < 4.78 is 0. The van der Waals surface area contributed by atoms with Gasteiger partial charge in [-0.1, -0.05) is 0 Å². The molecule has 0 radical (unpaired) electrons. The summed E-state index contributed by atoms with van der Waals surface area (Å²) in [5.74, 6) is 0. The van der Waals surface area contributed by atoms with Gasteiger partial charge in [0, 0.05) is 0 Å². The molecule has 0 saturated carbocycles. The van der Waals surface area contributed by atoms with Crippen LogP contribution in [0.3, 0.4) is 0 Å². The molecule has 0 N–H and O–H groups in total. The van der Waals surface area contributed by atoms with Crippen LogP contribution < -0.4 is 0 Å². The Balaban J connectivity index is 0. The zero-order valence-electron chi connectivity index (χ0n) is 0.908. The molecule has 0 nitrogen and oxygen atoms in total. The third kappa shape index (κ3) is 8.84. The molecule has 0 heterocycles. The molecular formula is H7Ca2FS. The van der Waals surface area contributed by atoms with Crippen molar-refractivity contribution in [3.63, 3.8) is 0 Å². The fourth-order valence-corrected chi connectivity index (χ4v) is 0. The maximum atomic E-state index is 0. The van der Waals surface area contributed by atoms with E-state index in [1.165, 1.54) is 0 Å². The third-order valence-corrected chi connectivity index (χ3v) is 0. The van der Waals surface area contributed by atoms with Crippen LogP contribution in [0.25, 0.3) is 0 Å². The average molecular weight is 138 g/mol. The van der Waals surface area contributed by atoms with Gasteiger partial charge in [-0.15, -0.1) is 0 Å². The molecule has 0 aromatic rings. The average Bonchev–Trinajstić information content (AvgIpc) is 0. The molecule has 0 unspecified atom stereocenters. The summed E-state index contributed by atoms with van der Waals surface area (Å²) in [4.78, 5) is 0. The molecule has 0 aromatic heterocycles. The van der Waals surface area contributed by atoms with Crippen molar-refractivity contribution in [3.8, 4) is 0 Å². The first-order chi connectivity index (χ1) is 0. The van der Waals surface area contributed by atoms with Gasteiger partial charge in [-0.05, 0) is 0 Å². The SMILES string of the molecule is F.S.[CaH2].[CaH2]. The summed E-state index contributed by atoms with van der Waals surface area (Å²) in [6, 6.07) is 0. The monoisotopic (exact) mass is 138 g/mol. The Morgan fingerprint density at radius 2 is 0.750 bits per heavy atom. The van der Waals surface area contributed by atoms with Crippen molar-refractivity contribution in [2.75, 3.05) is 0 Å². The van der Waals surface area contributed by atoms with Gasteiger partial charge in [0.05, 0.1) is 0 Å². The summed E-state index contributed by atoms with van der Waals surface area (Å²) in [5, 5.41) is 0. The molecule has 0 atom stereocenters. The fraction of sp³-hybridized carbons (Fsp3) is 0. The van der Waals surface area contributed by atoms with Crippen LogP contribution in [0, 0.1) is 0 Å². The van der Waals surface area contributed by atoms with E-state index >= 15 is 0 Å². The standard InChI is InChI=1S/2Ca.FH.H2S.4H/h;;1H;1H2;;;;. The molecule has 0 aliphatic carbocycles. The summed E-state index contributed by atoms with van der Waals surface area (Å²) >= 11 is 0. The quantitative estimate of drug-likeness (QED) is 0.355. The van der Waals surface area contributed by atoms with Crippen LogP contribution in [0.15, 0.2) is 0 Å². The van der Waals surface area contributed by atoms with Crippen molar-refractivity contribution in [1.29, 1.82) is 0 Å². The van der Waals surface area contributed by atoms with Crippen LogP contribution in [-0.4, -0.2) is 75.5 Å². The molecule has 4 heavy (non-hydrogen) atoms. The second-order valence-corrected chi connectivity index (χ2v) is 0. The number of halogens is 1. The first kappa shape index (κ1) is 29.2. The van der Waals surface area contributed by atoms with Gasteiger partial charge in [0.25, 0.3) is 0 Å². The summed E-state index contributed by atoms with van der Waals surface area (Å²) in [5.41, 5.74) is 0. The van der Waals surface area contributed by atoms with Gasteiger partial charge in [-0.3, -0.25) is 4.70 Å². The van der Waals surface area contributed by atoms with E-state index in [-0.39, 0.29) is 93.7 Å². The molecule has 0 aliphatic heterocycles. The molecule has 4 heteroatoms. The molecule has 0 amide bonds. The first-order valence-corrected chi connectivity index (χ1v) is 0. The van der Waals surface area contributed by atoms with Crippen LogP contribution in [0.2, 0.25) is 0 Å². The number of hydrogen-bond donors (Lipinski definition) is 0. The van der Waals surface area contributed by atoms with Crippen molar-refractivity contribution in [2.24, 2.45) is 0 Å². The van der Waals surface area contributed by atoms with Crippen molar-refractivity contribution in [1.82, 2.24) is 0 Å². The van der Waals surface area contributed by atoms with Crippen molar-refractivity contribution < 1.29 is 4.70 Å². The van der Waals surface area contributed by atoms with Crippen LogP contribution >= 0.6 is 13.5 Å². The van der Waals surface area contributed by atoms with Gasteiger partial charge < -0.3 is 0 Å². The Kier molecular flexibility index (Phi) is 124. The predicted octanol–water partition coefficient (Wildman–Crippen LogP) is -1.57. The van der Waals surface area contributed by atoms with Crippen LogP contribution in [0.1, 0.15) is 0 Å². The zero-order chi connectivity index (χ0) is 0. The maximum absolute atomic E-state index is 0. The summed E-state index contributed by atoms with van der Waals surface area (Å²) in [7, 11) is 0. The second kappa shape index (κ2) is 17.0. The molecular weight excluding hydrogens is 131 g/mol. The van der Waals surface area contributed by atoms with Crippen LogP contribution in [-0.2, 0) is 0 Å². The molecule has 0 fully saturated rings. The van der Waals surface area contributed by atoms with E-state index < -0.39 is 0 Å². The van der Waals surface area contributed by atoms with Gasteiger partial charge in [-0.2, -0.15) is 13.5 Å². The first-order valence-electron chi connectivity index (χ1n) is 0. The van der Waals surface area contributed by atoms with Gasteiger partial charge >= 0.3 is 75.5 Å². The van der Waals surface area contributed by atoms with Gasteiger partial charge in [0.1, 0.15) is 0 Å². The zero-order valence-corrected chi connectivity index (χ0v) is 1.91. The fourth-order valence-electron chi connectivity index (χ4n) is 0. The van der Waals surface area contributed by atoms with E-state index in [1.54, 1.807) is 0 Å². The topological polar surface area (TPSA) is 0 Å². The molecule has 0 bridgehead atoms. The van der Waals surface area contributed by atoms with E-state index in [2.05, 4.69) is 0 Å². The van der Waals surface area contributed by atoms with E-state index in [9.17, 15) is 0 Å². The normalized spacial score (nSPS) is 0. The molecule has 24 valence electrons. The molecule has 0 saturated heterocycles. The number of hydrogen-bond acceptors (Lipinski definition) is 0. The van der Waals surface area contributed by atoms with E-state index in [1.807, 2.05) is 0 Å². The Bertz CT molecular complexity index is 6.00. The molecule has 0 aliphatic rings. The Hall–Kier alpha value is 2.80. The minimum atomic E-state index is 0. The summed E-state index contributed by atoms with van der Waals surface area (Å²) in [6.07, 6.45) is 0. The minimum absolute atomic E-state index is 0. The molecule has 0 spiro atoms. The van der Waals surface area contributed by atoms with Crippen molar-refractivity contribution in [3.05, 3.63) is 0 Å². The van der Waals surface area contributed by atoms with Crippen molar-refractivity contribution >= 4 is 89.0 Å². The Labute approximate surface area is 91.5 Å². The van der Waals surface area contributed by atoms with E-state index in [0.29, 0.717) is 0 Å². The van der Waals surface area contributed by atoms with Crippen LogP contribution in [0.4, 0.5) is 4.70 Å². The Morgan fingerprint density at radius 3 is 0.750 bits per heavy atom. The number of rotatable bonds is 0. The van der Waals surface area contributed by atoms with Gasteiger partial charge in [-0.25, -0.2) is 0 Å². The summed E-state index contributed by atoms with van der Waals surface area (Å²) in [6.45, 7) is 0. The van der Waals surface area contributed by atoms with Crippen LogP contribution in [0.5, 0.6) is 0 Å². The van der Waals surface area contributed by atoms with E-state index in [0.717, 1.165) is 0 Å². The molecule has 0 aromatic carbocycles. The van der Waals surface area contributed by atoms with Gasteiger partial charge in [0.15, 0.2) is 0 Å². The van der Waals surface area contributed by atoms with E-state index in [4.69, 9.17) is 0 Å².